The van der Waals surface area contributed by atoms with Crippen LogP contribution in [0.5, 0.6) is 0 Å². The predicted molar refractivity (Wildman–Crippen MR) is 82.5 cm³/mol. The molecule has 1 unspecified atom stereocenters. The van der Waals surface area contributed by atoms with E-state index in [4.69, 9.17) is 5.11 Å². The number of aliphatic carboxylic acids is 1. The molecular formula is C16H17N3O4. The summed E-state index contributed by atoms with van der Waals surface area (Å²) in [6, 6.07) is 3.53. The number of rotatable bonds is 2. The number of carboxylic acid groups (broad SMARTS) is 1. The Kier molecular flexibility index (Phi) is 3.85. The van der Waals surface area contributed by atoms with Gasteiger partial charge in [0.1, 0.15) is 11.2 Å². The first-order valence-electron chi connectivity index (χ1n) is 7.47. The Morgan fingerprint density at radius 3 is 2.91 bits per heavy atom. The number of piperidine rings is 1. The lowest BCUT2D eigenvalue weighted by Crippen LogP contribution is -2.44. The van der Waals surface area contributed by atoms with Crippen molar-refractivity contribution in [3.63, 3.8) is 0 Å². The van der Waals surface area contributed by atoms with Gasteiger partial charge in [0.05, 0.1) is 5.92 Å². The minimum absolute atomic E-state index is 0.0302. The second-order valence-corrected chi connectivity index (χ2v) is 5.84. The van der Waals surface area contributed by atoms with Gasteiger partial charge in [0.2, 0.25) is 0 Å². The maximum absolute atomic E-state index is 12.6. The average Bonchev–Trinajstić information content (AvgIpc) is 2.54. The Morgan fingerprint density at radius 1 is 1.39 bits per heavy atom. The Bertz CT molecular complexity index is 843. The molecule has 1 amide bonds. The number of likely N-dealkylation sites (tertiary alicyclic amines) is 1. The minimum atomic E-state index is -0.911. The standard InChI is InChI=1S/C16H17N3O4/c1-10-4-6-19-13(7-10)17-8-12(15(19)21)14(20)18-5-2-3-11(9-18)16(22)23/h4,6-8,11H,2-3,5,9H2,1H3,(H,22,23). The smallest absolute Gasteiger partial charge is 0.308 e. The van der Waals surface area contributed by atoms with Crippen LogP contribution in [0.1, 0.15) is 28.8 Å². The van der Waals surface area contributed by atoms with E-state index in [2.05, 4.69) is 4.98 Å². The van der Waals surface area contributed by atoms with Crippen molar-refractivity contribution in [1.82, 2.24) is 14.3 Å². The molecule has 1 aliphatic heterocycles. The Hall–Kier alpha value is -2.70. The number of carbonyl (C=O) groups excluding carboxylic acids is 1. The first-order valence-corrected chi connectivity index (χ1v) is 7.47. The predicted octanol–water partition coefficient (Wildman–Crippen LogP) is 0.940. The van der Waals surface area contributed by atoms with Crippen molar-refractivity contribution in [2.75, 3.05) is 13.1 Å². The molecule has 3 heterocycles. The molecule has 7 nitrogen and oxygen atoms in total. The van der Waals surface area contributed by atoms with Crippen molar-refractivity contribution in [2.24, 2.45) is 5.92 Å². The van der Waals surface area contributed by atoms with E-state index in [-0.39, 0.29) is 12.1 Å². The van der Waals surface area contributed by atoms with Gasteiger partial charge in [0, 0.05) is 25.5 Å². The number of hydrogen-bond donors (Lipinski definition) is 1. The summed E-state index contributed by atoms with van der Waals surface area (Å²) in [6.45, 7) is 2.48. The molecule has 0 saturated carbocycles. The largest absolute Gasteiger partial charge is 0.481 e. The number of carboxylic acids is 1. The van der Waals surface area contributed by atoms with Gasteiger partial charge in [0.15, 0.2) is 0 Å². The summed E-state index contributed by atoms with van der Waals surface area (Å²) in [6.07, 6.45) is 4.04. The summed E-state index contributed by atoms with van der Waals surface area (Å²) in [4.78, 5) is 41.8. The van der Waals surface area contributed by atoms with Crippen LogP contribution in [0.25, 0.3) is 5.65 Å². The molecule has 1 fully saturated rings. The van der Waals surface area contributed by atoms with Gasteiger partial charge in [-0.3, -0.25) is 18.8 Å². The third kappa shape index (κ3) is 2.81. The second kappa shape index (κ2) is 5.83. The van der Waals surface area contributed by atoms with Crippen molar-refractivity contribution in [1.29, 1.82) is 0 Å². The summed E-state index contributed by atoms with van der Waals surface area (Å²) in [7, 11) is 0. The molecule has 0 spiro atoms. The fourth-order valence-electron chi connectivity index (χ4n) is 2.86. The van der Waals surface area contributed by atoms with Gasteiger partial charge in [-0.05, 0) is 37.5 Å². The fourth-order valence-corrected chi connectivity index (χ4v) is 2.86. The van der Waals surface area contributed by atoms with Crippen LogP contribution >= 0.6 is 0 Å². The van der Waals surface area contributed by atoms with Crippen molar-refractivity contribution < 1.29 is 14.7 Å². The molecule has 1 saturated heterocycles. The van der Waals surface area contributed by atoms with Gasteiger partial charge in [-0.2, -0.15) is 0 Å². The van der Waals surface area contributed by atoms with E-state index < -0.39 is 23.4 Å². The lowest BCUT2D eigenvalue weighted by atomic mass is 9.98. The first kappa shape index (κ1) is 15.2. The zero-order chi connectivity index (χ0) is 16.6. The maximum atomic E-state index is 12.6. The molecule has 23 heavy (non-hydrogen) atoms. The monoisotopic (exact) mass is 315 g/mol. The van der Waals surface area contributed by atoms with Gasteiger partial charge in [-0.15, -0.1) is 0 Å². The van der Waals surface area contributed by atoms with E-state index >= 15 is 0 Å². The zero-order valence-corrected chi connectivity index (χ0v) is 12.7. The quantitative estimate of drug-likeness (QED) is 0.890. The minimum Gasteiger partial charge on any atom is -0.481 e. The molecule has 120 valence electrons. The normalized spacial score (nSPS) is 18.1. The number of amides is 1. The van der Waals surface area contributed by atoms with Gasteiger partial charge in [-0.1, -0.05) is 0 Å². The number of aryl methyl sites for hydroxylation is 1. The molecule has 0 bridgehead atoms. The summed E-state index contributed by atoms with van der Waals surface area (Å²) < 4.78 is 1.33. The molecule has 1 aliphatic rings. The molecular weight excluding hydrogens is 298 g/mol. The number of nitrogens with zero attached hydrogens (tertiary/aromatic N) is 3. The highest BCUT2D eigenvalue weighted by molar-refractivity contribution is 5.94. The van der Waals surface area contributed by atoms with Crippen molar-refractivity contribution in [3.8, 4) is 0 Å². The van der Waals surface area contributed by atoms with Crippen molar-refractivity contribution in [2.45, 2.75) is 19.8 Å². The summed E-state index contributed by atoms with van der Waals surface area (Å²) in [5.74, 6) is -1.94. The number of fused-ring (bicyclic) bond motifs is 1. The lowest BCUT2D eigenvalue weighted by molar-refractivity contribution is -0.143. The van der Waals surface area contributed by atoms with Gasteiger partial charge >= 0.3 is 5.97 Å². The fraction of sp³-hybridized carbons (Fsp3) is 0.375. The van der Waals surface area contributed by atoms with Crippen LogP contribution < -0.4 is 5.56 Å². The van der Waals surface area contributed by atoms with E-state index in [0.29, 0.717) is 25.0 Å². The van der Waals surface area contributed by atoms with Crippen LogP contribution in [0, 0.1) is 12.8 Å². The van der Waals surface area contributed by atoms with Crippen molar-refractivity contribution >= 4 is 17.5 Å². The number of hydrogen-bond acceptors (Lipinski definition) is 4. The van der Waals surface area contributed by atoms with Crippen LogP contribution in [0.4, 0.5) is 0 Å². The molecule has 1 atom stereocenters. The van der Waals surface area contributed by atoms with Crippen molar-refractivity contribution in [3.05, 3.63) is 46.0 Å². The van der Waals surface area contributed by atoms with Crippen LogP contribution in [0.2, 0.25) is 0 Å². The van der Waals surface area contributed by atoms with Gasteiger partial charge < -0.3 is 10.0 Å². The highest BCUT2D eigenvalue weighted by atomic mass is 16.4. The Morgan fingerprint density at radius 2 is 2.17 bits per heavy atom. The SMILES string of the molecule is Cc1ccn2c(=O)c(C(=O)N3CCCC(C(=O)O)C3)cnc2c1. The topological polar surface area (TPSA) is 92.0 Å². The number of aromatic nitrogens is 2. The first-order chi connectivity index (χ1) is 11.0. The van der Waals surface area contributed by atoms with Crippen LogP contribution in [-0.2, 0) is 4.79 Å². The highest BCUT2D eigenvalue weighted by Gasteiger charge is 2.30. The van der Waals surface area contributed by atoms with E-state index in [0.717, 1.165) is 5.56 Å². The molecule has 2 aromatic rings. The molecule has 0 aliphatic carbocycles. The molecule has 0 radical (unpaired) electrons. The Balaban J connectivity index is 1.95. The van der Waals surface area contributed by atoms with Crippen LogP contribution in [-0.4, -0.2) is 44.4 Å². The van der Waals surface area contributed by atoms with E-state index in [9.17, 15) is 14.4 Å². The number of carbonyl (C=O) groups is 2. The third-order valence-corrected chi connectivity index (χ3v) is 4.15. The van der Waals surface area contributed by atoms with Crippen LogP contribution in [0.3, 0.4) is 0 Å². The molecule has 0 aromatic carbocycles. The lowest BCUT2D eigenvalue weighted by Gasteiger charge is -2.30. The highest BCUT2D eigenvalue weighted by Crippen LogP contribution is 2.18. The molecule has 2 aromatic heterocycles. The average molecular weight is 315 g/mol. The molecule has 1 N–H and O–H groups in total. The van der Waals surface area contributed by atoms with Crippen LogP contribution in [0.15, 0.2) is 29.3 Å². The van der Waals surface area contributed by atoms with E-state index in [1.165, 1.54) is 15.5 Å². The maximum Gasteiger partial charge on any atom is 0.308 e. The second-order valence-electron chi connectivity index (χ2n) is 5.84. The third-order valence-electron chi connectivity index (χ3n) is 4.15. The van der Waals surface area contributed by atoms with E-state index in [1.54, 1.807) is 18.3 Å². The summed E-state index contributed by atoms with van der Waals surface area (Å²) >= 11 is 0. The molecule has 7 heteroatoms. The zero-order valence-electron chi connectivity index (χ0n) is 12.7. The Labute approximate surface area is 132 Å². The number of pyridine rings is 1. The summed E-state index contributed by atoms with van der Waals surface area (Å²) in [5, 5.41) is 9.11. The van der Waals surface area contributed by atoms with Gasteiger partial charge in [0.25, 0.3) is 11.5 Å². The van der Waals surface area contributed by atoms with Gasteiger partial charge in [-0.25, -0.2) is 4.98 Å². The molecule has 3 rings (SSSR count). The summed E-state index contributed by atoms with van der Waals surface area (Å²) in [5.41, 5.74) is 0.986. The van der Waals surface area contributed by atoms with E-state index in [1.807, 2.05) is 6.92 Å².